The molecule has 1 rings (SSSR count). The second-order valence-electron chi connectivity index (χ2n) is 1.08. The number of nitrogens with zero attached hydrogens (tertiary/aromatic N) is 1. The van der Waals surface area contributed by atoms with Gasteiger partial charge in [-0.1, -0.05) is 6.08 Å². The Balaban J connectivity index is 2.60. The number of rotatable bonds is 0. The Morgan fingerprint density at radius 1 is 1.57 bits per heavy atom. The average Bonchev–Trinajstić information content (AvgIpc) is 1.90. The quantitative estimate of drug-likeness (QED) is 0.462. The molecule has 1 heterocycles. The van der Waals surface area contributed by atoms with Crippen LogP contribution in [0.3, 0.4) is 0 Å². The molecule has 0 aromatic heterocycles. The number of allylic oxidation sites excluding steroid dienone is 3. The maximum atomic E-state index is 3.69. The Morgan fingerprint density at radius 3 is 3.57 bits per heavy atom. The molecule has 1 N–H and O–H groups in total. The van der Waals surface area contributed by atoms with E-state index in [1.165, 1.54) is 0 Å². The molecular formula is C5H5N2. The van der Waals surface area contributed by atoms with Gasteiger partial charge in [0.05, 0.1) is 0 Å². The van der Waals surface area contributed by atoms with Gasteiger partial charge < -0.3 is 0 Å². The van der Waals surface area contributed by atoms with Gasteiger partial charge in [-0.15, -0.1) is 0 Å². The van der Waals surface area contributed by atoms with E-state index >= 15 is 0 Å². The second kappa shape index (κ2) is 2.18. The summed E-state index contributed by atoms with van der Waals surface area (Å²) in [6, 6.07) is 0. The van der Waals surface area contributed by atoms with Gasteiger partial charge in [0, 0.05) is 18.5 Å². The zero-order valence-electron chi connectivity index (χ0n) is 3.76. The van der Waals surface area contributed by atoms with Crippen molar-refractivity contribution in [3.8, 4) is 0 Å². The minimum absolute atomic E-state index is 1.64. The van der Waals surface area contributed by atoms with E-state index in [0.717, 1.165) is 0 Å². The topological polar surface area (TPSA) is 24.4 Å². The molecule has 1 aliphatic rings. The Kier molecular flexibility index (Phi) is 1.28. The molecule has 0 atom stereocenters. The minimum Gasteiger partial charge on any atom is -0.285 e. The molecule has 2 heteroatoms. The average molecular weight is 93.1 g/mol. The summed E-state index contributed by atoms with van der Waals surface area (Å²) >= 11 is 0. The first kappa shape index (κ1) is 4.12. The van der Waals surface area contributed by atoms with E-state index in [-0.39, 0.29) is 0 Å². The number of nitrogens with one attached hydrogen (secondary N) is 1. The SMILES string of the molecule is [C]1=CNN=CC=C1. The Morgan fingerprint density at radius 2 is 2.57 bits per heavy atom. The molecule has 1 aliphatic heterocycles. The lowest BCUT2D eigenvalue weighted by Gasteiger charge is -1.78. The zero-order valence-corrected chi connectivity index (χ0v) is 3.76. The van der Waals surface area contributed by atoms with Gasteiger partial charge in [0.2, 0.25) is 0 Å². The summed E-state index contributed by atoms with van der Waals surface area (Å²) in [5.41, 5.74) is 2.62. The first-order chi connectivity index (χ1) is 3.50. The summed E-state index contributed by atoms with van der Waals surface area (Å²) in [6.45, 7) is 0. The van der Waals surface area contributed by atoms with Crippen LogP contribution in [0.5, 0.6) is 0 Å². The van der Waals surface area contributed by atoms with Gasteiger partial charge >= 0.3 is 0 Å². The lowest BCUT2D eigenvalue weighted by molar-refractivity contribution is 0.976. The summed E-state index contributed by atoms with van der Waals surface area (Å²) < 4.78 is 0. The highest BCUT2D eigenvalue weighted by Gasteiger charge is 1.69. The van der Waals surface area contributed by atoms with Crippen molar-refractivity contribution in [1.29, 1.82) is 0 Å². The fourth-order valence-electron chi connectivity index (χ4n) is 0.307. The van der Waals surface area contributed by atoms with E-state index in [9.17, 15) is 0 Å². The second-order valence-corrected chi connectivity index (χ2v) is 1.08. The van der Waals surface area contributed by atoms with E-state index in [4.69, 9.17) is 0 Å². The molecule has 0 fully saturated rings. The first-order valence-electron chi connectivity index (χ1n) is 2.01. The molecule has 0 spiro atoms. The van der Waals surface area contributed by atoms with E-state index in [1.807, 2.05) is 0 Å². The molecular weight excluding hydrogens is 88.1 g/mol. The normalized spacial score (nSPS) is 16.0. The van der Waals surface area contributed by atoms with E-state index in [2.05, 4.69) is 16.6 Å². The van der Waals surface area contributed by atoms with Crippen molar-refractivity contribution in [2.24, 2.45) is 5.10 Å². The third kappa shape index (κ3) is 1.22. The van der Waals surface area contributed by atoms with Gasteiger partial charge in [-0.05, 0) is 6.08 Å². The third-order valence-electron chi connectivity index (χ3n) is 0.575. The van der Waals surface area contributed by atoms with Crippen molar-refractivity contribution in [2.75, 3.05) is 0 Å². The highest BCUT2D eigenvalue weighted by molar-refractivity contribution is 5.71. The molecule has 2 nitrogen and oxygen atoms in total. The number of hydrazone groups is 1. The van der Waals surface area contributed by atoms with Gasteiger partial charge in [0.1, 0.15) is 0 Å². The van der Waals surface area contributed by atoms with Crippen LogP contribution in [0.25, 0.3) is 0 Å². The Hall–Kier alpha value is -1.05. The molecule has 0 amide bonds. The molecule has 0 aromatic rings. The van der Waals surface area contributed by atoms with Crippen LogP contribution in [0.4, 0.5) is 0 Å². The molecule has 35 valence electrons. The summed E-state index contributed by atoms with van der Waals surface area (Å²) in [6.07, 6.45) is 9.69. The van der Waals surface area contributed by atoms with Gasteiger partial charge in [0.25, 0.3) is 0 Å². The fourth-order valence-corrected chi connectivity index (χ4v) is 0.307. The summed E-state index contributed by atoms with van der Waals surface area (Å²) in [5.74, 6) is 0. The van der Waals surface area contributed by atoms with Crippen LogP contribution >= 0.6 is 0 Å². The summed E-state index contributed by atoms with van der Waals surface area (Å²) in [5, 5.41) is 3.69. The fraction of sp³-hybridized carbons (Fsp3) is 0. The van der Waals surface area contributed by atoms with Gasteiger partial charge in [-0.3, -0.25) is 5.43 Å². The highest BCUT2D eigenvalue weighted by atomic mass is 15.3. The molecule has 0 aromatic carbocycles. The zero-order chi connectivity index (χ0) is 4.95. The molecule has 0 saturated heterocycles. The molecule has 0 saturated carbocycles. The smallest absolute Gasteiger partial charge is 0.0472 e. The van der Waals surface area contributed by atoms with Crippen LogP contribution in [-0.2, 0) is 0 Å². The molecule has 0 aliphatic carbocycles. The molecule has 1 radical (unpaired) electrons. The lowest BCUT2D eigenvalue weighted by Crippen LogP contribution is -1.89. The minimum atomic E-state index is 1.64. The maximum Gasteiger partial charge on any atom is 0.0472 e. The third-order valence-corrected chi connectivity index (χ3v) is 0.575. The molecule has 0 unspecified atom stereocenters. The van der Waals surface area contributed by atoms with Crippen molar-refractivity contribution < 1.29 is 0 Å². The van der Waals surface area contributed by atoms with Crippen LogP contribution in [0, 0.1) is 6.08 Å². The first-order valence-corrected chi connectivity index (χ1v) is 2.01. The summed E-state index contributed by atoms with van der Waals surface area (Å²) in [4.78, 5) is 0. The van der Waals surface area contributed by atoms with Gasteiger partial charge in [-0.2, -0.15) is 5.10 Å². The van der Waals surface area contributed by atoms with Crippen molar-refractivity contribution >= 4 is 6.21 Å². The highest BCUT2D eigenvalue weighted by Crippen LogP contribution is 1.74. The predicted octanol–water partition coefficient (Wildman–Crippen LogP) is 0.448. The van der Waals surface area contributed by atoms with E-state index < -0.39 is 0 Å². The van der Waals surface area contributed by atoms with Crippen molar-refractivity contribution in [2.45, 2.75) is 0 Å². The van der Waals surface area contributed by atoms with Crippen molar-refractivity contribution in [3.05, 3.63) is 24.4 Å². The molecule has 0 bridgehead atoms. The summed E-state index contributed by atoms with van der Waals surface area (Å²) in [7, 11) is 0. The molecule has 7 heavy (non-hydrogen) atoms. The Labute approximate surface area is 42.2 Å². The number of hydrogen-bond donors (Lipinski definition) is 1. The monoisotopic (exact) mass is 93.0 g/mol. The van der Waals surface area contributed by atoms with Crippen LogP contribution < -0.4 is 5.43 Å². The van der Waals surface area contributed by atoms with Gasteiger partial charge in [-0.25, -0.2) is 0 Å². The van der Waals surface area contributed by atoms with Gasteiger partial charge in [0.15, 0.2) is 0 Å². The van der Waals surface area contributed by atoms with E-state index in [0.29, 0.717) is 0 Å². The van der Waals surface area contributed by atoms with Crippen LogP contribution in [-0.4, -0.2) is 6.21 Å². The van der Waals surface area contributed by atoms with Crippen LogP contribution in [0.2, 0.25) is 0 Å². The number of hydrogen-bond acceptors (Lipinski definition) is 2. The lowest BCUT2D eigenvalue weighted by atomic mass is 10.5. The standard InChI is InChI=1S/C5H5N2/c1-2-4-6-7-5-3-1/h1-2,4-5,7H. The maximum absolute atomic E-state index is 3.69. The van der Waals surface area contributed by atoms with Crippen LogP contribution in [0.1, 0.15) is 0 Å². The van der Waals surface area contributed by atoms with Crippen molar-refractivity contribution in [3.63, 3.8) is 0 Å². The van der Waals surface area contributed by atoms with Crippen molar-refractivity contribution in [1.82, 2.24) is 5.43 Å². The van der Waals surface area contributed by atoms with Crippen LogP contribution in [0.15, 0.2) is 23.5 Å². The predicted molar refractivity (Wildman–Crippen MR) is 28.6 cm³/mol. The Bertz CT molecular complexity index is 108. The largest absolute Gasteiger partial charge is 0.285 e. The van der Waals surface area contributed by atoms with E-state index in [1.54, 1.807) is 24.6 Å².